The minimum Gasteiger partial charge on any atom is -0.388 e. The molecule has 1 aliphatic carbocycles. The first-order valence-corrected chi connectivity index (χ1v) is 7.65. The number of nitrogens with zero attached hydrogens (tertiary/aromatic N) is 2. The lowest BCUT2D eigenvalue weighted by molar-refractivity contribution is -0.0202. The molecule has 1 aliphatic rings. The van der Waals surface area contributed by atoms with Crippen molar-refractivity contribution in [1.82, 2.24) is 9.97 Å². The third-order valence-electron chi connectivity index (χ3n) is 3.92. The van der Waals surface area contributed by atoms with Crippen molar-refractivity contribution in [3.05, 3.63) is 11.4 Å². The van der Waals surface area contributed by atoms with Crippen LogP contribution in [0.25, 0.3) is 0 Å². The predicted octanol–water partition coefficient (Wildman–Crippen LogP) is 2.50. The van der Waals surface area contributed by atoms with Gasteiger partial charge in [0.25, 0.3) is 0 Å². The minimum atomic E-state index is -0.541. The molecule has 1 heterocycles. The molecule has 20 heavy (non-hydrogen) atoms. The first-order chi connectivity index (χ1) is 9.58. The molecule has 1 saturated carbocycles. The van der Waals surface area contributed by atoms with Crippen LogP contribution in [-0.2, 0) is 6.42 Å². The Labute approximate surface area is 121 Å². The van der Waals surface area contributed by atoms with Gasteiger partial charge in [0, 0.05) is 25.1 Å². The first-order valence-electron chi connectivity index (χ1n) is 7.65. The van der Waals surface area contributed by atoms with Gasteiger partial charge in [-0.1, -0.05) is 13.8 Å². The van der Waals surface area contributed by atoms with Gasteiger partial charge in [0.05, 0.1) is 5.60 Å². The molecule has 1 aromatic heterocycles. The molecular formula is C15H26N4O. The van der Waals surface area contributed by atoms with Gasteiger partial charge in [-0.25, -0.2) is 9.97 Å². The van der Waals surface area contributed by atoms with Gasteiger partial charge in [-0.2, -0.15) is 0 Å². The number of anilines is 2. The lowest BCUT2D eigenvalue weighted by Crippen LogP contribution is -2.43. The summed E-state index contributed by atoms with van der Waals surface area (Å²) in [7, 11) is 0. The van der Waals surface area contributed by atoms with E-state index in [-0.39, 0.29) is 0 Å². The standard InChI is InChI=1S/C15H26N4O/c1-4-9-16-13-11(3)14(19-12(5-2)18-13)17-10-15(20)7-6-8-15/h20H,4-10H2,1-3H3,(H2,16,17,18,19). The summed E-state index contributed by atoms with van der Waals surface area (Å²) in [5, 5.41) is 16.8. The highest BCUT2D eigenvalue weighted by Crippen LogP contribution is 2.32. The van der Waals surface area contributed by atoms with E-state index in [1.165, 1.54) is 0 Å². The van der Waals surface area contributed by atoms with Crippen LogP contribution in [0.1, 0.15) is 50.9 Å². The average molecular weight is 278 g/mol. The van der Waals surface area contributed by atoms with E-state index in [9.17, 15) is 5.11 Å². The lowest BCUT2D eigenvalue weighted by Gasteiger charge is -2.36. The van der Waals surface area contributed by atoms with Crippen LogP contribution in [0.2, 0.25) is 0 Å². The highest BCUT2D eigenvalue weighted by molar-refractivity contribution is 5.57. The number of rotatable bonds is 7. The maximum absolute atomic E-state index is 10.2. The van der Waals surface area contributed by atoms with Crippen molar-refractivity contribution in [3.63, 3.8) is 0 Å². The van der Waals surface area contributed by atoms with Crippen molar-refractivity contribution >= 4 is 11.6 Å². The van der Waals surface area contributed by atoms with Crippen LogP contribution in [0.15, 0.2) is 0 Å². The zero-order chi connectivity index (χ0) is 14.6. The minimum absolute atomic E-state index is 0.541. The zero-order valence-corrected chi connectivity index (χ0v) is 12.8. The maximum atomic E-state index is 10.2. The number of hydrogen-bond donors (Lipinski definition) is 3. The van der Waals surface area contributed by atoms with Crippen molar-refractivity contribution in [2.75, 3.05) is 23.7 Å². The molecule has 0 amide bonds. The predicted molar refractivity (Wildman–Crippen MR) is 82.2 cm³/mol. The number of aliphatic hydroxyl groups is 1. The smallest absolute Gasteiger partial charge is 0.134 e. The Hall–Kier alpha value is -1.36. The van der Waals surface area contributed by atoms with Crippen LogP contribution in [0, 0.1) is 6.92 Å². The third kappa shape index (κ3) is 3.39. The summed E-state index contributed by atoms with van der Waals surface area (Å²) < 4.78 is 0. The highest BCUT2D eigenvalue weighted by Gasteiger charge is 2.34. The van der Waals surface area contributed by atoms with Crippen LogP contribution in [0.5, 0.6) is 0 Å². The van der Waals surface area contributed by atoms with E-state index in [1.54, 1.807) is 0 Å². The Morgan fingerprint density at radius 2 is 1.80 bits per heavy atom. The Bertz CT molecular complexity index is 457. The topological polar surface area (TPSA) is 70.1 Å². The highest BCUT2D eigenvalue weighted by atomic mass is 16.3. The second kappa shape index (κ2) is 6.39. The normalized spacial score (nSPS) is 16.6. The molecule has 0 unspecified atom stereocenters. The Morgan fingerprint density at radius 3 is 2.30 bits per heavy atom. The van der Waals surface area contributed by atoms with Gasteiger partial charge in [0.2, 0.25) is 0 Å². The lowest BCUT2D eigenvalue weighted by atomic mass is 9.80. The molecule has 3 N–H and O–H groups in total. The molecule has 2 rings (SSSR count). The molecule has 5 heteroatoms. The summed E-state index contributed by atoms with van der Waals surface area (Å²) in [6.45, 7) is 7.68. The molecule has 0 saturated heterocycles. The van der Waals surface area contributed by atoms with Crippen LogP contribution in [-0.4, -0.2) is 33.8 Å². The molecule has 0 spiro atoms. The van der Waals surface area contributed by atoms with Crippen molar-refractivity contribution < 1.29 is 5.11 Å². The summed E-state index contributed by atoms with van der Waals surface area (Å²) in [5.74, 6) is 2.58. The number of aromatic nitrogens is 2. The van der Waals surface area contributed by atoms with Gasteiger partial charge in [-0.15, -0.1) is 0 Å². The molecule has 112 valence electrons. The molecule has 0 aromatic carbocycles. The monoisotopic (exact) mass is 278 g/mol. The van der Waals surface area contributed by atoms with Crippen LogP contribution in [0.3, 0.4) is 0 Å². The first kappa shape index (κ1) is 15.0. The summed E-state index contributed by atoms with van der Waals surface area (Å²) >= 11 is 0. The maximum Gasteiger partial charge on any atom is 0.134 e. The fourth-order valence-corrected chi connectivity index (χ4v) is 2.32. The summed E-state index contributed by atoms with van der Waals surface area (Å²) in [6.07, 6.45) is 4.75. The SMILES string of the molecule is CCCNc1nc(CC)nc(NCC2(O)CCC2)c1C. The van der Waals surface area contributed by atoms with Crippen molar-refractivity contribution in [2.24, 2.45) is 0 Å². The molecular weight excluding hydrogens is 252 g/mol. The van der Waals surface area contributed by atoms with Crippen molar-refractivity contribution in [1.29, 1.82) is 0 Å². The van der Waals surface area contributed by atoms with E-state index in [0.717, 1.165) is 61.7 Å². The Kier molecular flexibility index (Phi) is 4.81. The second-order valence-corrected chi connectivity index (χ2v) is 5.67. The number of aryl methyl sites for hydroxylation is 1. The van der Waals surface area contributed by atoms with E-state index in [1.807, 2.05) is 6.92 Å². The zero-order valence-electron chi connectivity index (χ0n) is 12.8. The fourth-order valence-electron chi connectivity index (χ4n) is 2.32. The second-order valence-electron chi connectivity index (χ2n) is 5.67. The molecule has 0 radical (unpaired) electrons. The molecule has 5 nitrogen and oxygen atoms in total. The van der Waals surface area contributed by atoms with E-state index in [2.05, 4.69) is 34.4 Å². The number of nitrogens with one attached hydrogen (secondary N) is 2. The Balaban J connectivity index is 2.12. The van der Waals surface area contributed by atoms with E-state index >= 15 is 0 Å². The summed E-state index contributed by atoms with van der Waals surface area (Å²) in [4.78, 5) is 9.09. The van der Waals surface area contributed by atoms with E-state index in [0.29, 0.717) is 6.54 Å². The van der Waals surface area contributed by atoms with Crippen LogP contribution >= 0.6 is 0 Å². The molecule has 1 fully saturated rings. The van der Waals surface area contributed by atoms with E-state index < -0.39 is 5.60 Å². The van der Waals surface area contributed by atoms with Gasteiger partial charge < -0.3 is 15.7 Å². The van der Waals surface area contributed by atoms with Gasteiger partial charge >= 0.3 is 0 Å². The fraction of sp³-hybridized carbons (Fsp3) is 0.733. The third-order valence-corrected chi connectivity index (χ3v) is 3.92. The molecule has 1 aromatic rings. The van der Waals surface area contributed by atoms with Crippen LogP contribution in [0.4, 0.5) is 11.6 Å². The molecule has 0 aliphatic heterocycles. The summed E-state index contributed by atoms with van der Waals surface area (Å²) in [6, 6.07) is 0. The van der Waals surface area contributed by atoms with Crippen molar-refractivity contribution in [2.45, 2.75) is 58.5 Å². The summed E-state index contributed by atoms with van der Waals surface area (Å²) in [5.41, 5.74) is 0.486. The van der Waals surface area contributed by atoms with Gasteiger partial charge in [0.1, 0.15) is 17.5 Å². The largest absolute Gasteiger partial charge is 0.388 e. The molecule has 0 bridgehead atoms. The molecule has 0 atom stereocenters. The van der Waals surface area contributed by atoms with Crippen molar-refractivity contribution in [3.8, 4) is 0 Å². The average Bonchev–Trinajstić information content (AvgIpc) is 2.42. The quantitative estimate of drug-likeness (QED) is 0.715. The van der Waals surface area contributed by atoms with Gasteiger partial charge in [-0.3, -0.25) is 0 Å². The number of hydrogen-bond acceptors (Lipinski definition) is 5. The van der Waals surface area contributed by atoms with Gasteiger partial charge in [0.15, 0.2) is 0 Å². The Morgan fingerprint density at radius 1 is 1.15 bits per heavy atom. The van der Waals surface area contributed by atoms with Crippen LogP contribution < -0.4 is 10.6 Å². The van der Waals surface area contributed by atoms with Gasteiger partial charge in [-0.05, 0) is 32.6 Å². The van der Waals surface area contributed by atoms with E-state index in [4.69, 9.17) is 0 Å².